The van der Waals surface area contributed by atoms with Crippen LogP contribution in [0.2, 0.25) is 0 Å². The molecule has 2 amide bonds. The van der Waals surface area contributed by atoms with E-state index in [1.165, 1.54) is 5.32 Å². The van der Waals surface area contributed by atoms with Gasteiger partial charge in [0.15, 0.2) is 0 Å². The maximum absolute atomic E-state index is 12.8. The van der Waals surface area contributed by atoms with E-state index >= 15 is 0 Å². The summed E-state index contributed by atoms with van der Waals surface area (Å²) in [7, 11) is 0. The molecule has 33 heavy (non-hydrogen) atoms. The zero-order valence-electron chi connectivity index (χ0n) is 17.3. The zero-order valence-corrected chi connectivity index (χ0v) is 17.3. The maximum Gasteiger partial charge on any atom is 0.419 e. The van der Waals surface area contributed by atoms with E-state index in [1.54, 1.807) is 0 Å². The van der Waals surface area contributed by atoms with Crippen molar-refractivity contribution < 1.29 is 37.4 Å². The monoisotopic (exact) mass is 462 g/mol. The first-order chi connectivity index (χ1) is 15.6. The van der Waals surface area contributed by atoms with E-state index < -0.39 is 42.1 Å². The quantitative estimate of drug-likeness (QED) is 0.584. The molecule has 2 aliphatic rings. The molecule has 0 saturated heterocycles. The Morgan fingerprint density at radius 1 is 1.03 bits per heavy atom. The molecule has 3 N–H and O–H groups in total. The van der Waals surface area contributed by atoms with Gasteiger partial charge in [-0.3, -0.25) is 4.79 Å². The van der Waals surface area contributed by atoms with E-state index in [1.807, 2.05) is 48.5 Å². The largest absolute Gasteiger partial charge is 0.479 e. The summed E-state index contributed by atoms with van der Waals surface area (Å²) in [6.45, 7) is 0.0529. The smallest absolute Gasteiger partial charge is 0.419 e. The molecule has 174 valence electrons. The molecule has 4 rings (SSSR count). The van der Waals surface area contributed by atoms with Crippen LogP contribution in [0.4, 0.5) is 18.0 Å². The van der Waals surface area contributed by atoms with Gasteiger partial charge in [0.25, 0.3) is 0 Å². The van der Waals surface area contributed by atoms with Crippen LogP contribution < -0.4 is 10.6 Å². The summed E-state index contributed by atoms with van der Waals surface area (Å²) in [5.74, 6) is -3.48. The Kier molecular flexibility index (Phi) is 5.77. The molecule has 2 aromatic rings. The molecule has 0 aliphatic heterocycles. The summed E-state index contributed by atoms with van der Waals surface area (Å²) < 4.78 is 43.7. The lowest BCUT2D eigenvalue weighted by Crippen LogP contribution is -2.52. The minimum atomic E-state index is -5.13. The number of nitrogens with one attached hydrogen (secondary N) is 2. The van der Waals surface area contributed by atoms with E-state index in [2.05, 4.69) is 5.32 Å². The third-order valence-corrected chi connectivity index (χ3v) is 5.94. The fourth-order valence-corrected chi connectivity index (χ4v) is 4.15. The highest BCUT2D eigenvalue weighted by molar-refractivity contribution is 5.85. The fourth-order valence-electron chi connectivity index (χ4n) is 4.15. The summed E-state index contributed by atoms with van der Waals surface area (Å²) in [5.41, 5.74) is 3.14. The van der Waals surface area contributed by atoms with Crippen LogP contribution in [0, 0.1) is 0 Å². The number of carbonyl (C=O) groups excluding carboxylic acids is 2. The van der Waals surface area contributed by atoms with Crippen LogP contribution in [0.3, 0.4) is 0 Å². The lowest BCUT2D eigenvalue weighted by Gasteiger charge is -2.21. The number of alkyl halides is 3. The molecule has 0 aromatic heterocycles. The van der Waals surface area contributed by atoms with Crippen LogP contribution >= 0.6 is 0 Å². The summed E-state index contributed by atoms with van der Waals surface area (Å²) in [5, 5.41) is 12.7. The first kappa shape index (κ1) is 22.6. The number of hydrogen-bond acceptors (Lipinski definition) is 4. The van der Waals surface area contributed by atoms with E-state index in [-0.39, 0.29) is 12.5 Å². The molecule has 1 saturated carbocycles. The maximum atomic E-state index is 12.8. The number of benzene rings is 2. The Labute approximate surface area is 186 Å². The average Bonchev–Trinajstić information content (AvgIpc) is 3.41. The Hall–Kier alpha value is -3.56. The van der Waals surface area contributed by atoms with Crippen molar-refractivity contribution in [3.05, 3.63) is 59.7 Å². The van der Waals surface area contributed by atoms with Gasteiger partial charge in [0.05, 0.1) is 5.54 Å². The van der Waals surface area contributed by atoms with Gasteiger partial charge < -0.3 is 20.5 Å². The molecular formula is C23H21F3N2O5. The molecule has 1 fully saturated rings. The van der Waals surface area contributed by atoms with Gasteiger partial charge in [0, 0.05) is 12.3 Å². The molecule has 2 aromatic carbocycles. The van der Waals surface area contributed by atoms with Crippen LogP contribution in [0.25, 0.3) is 11.1 Å². The molecule has 7 nitrogen and oxygen atoms in total. The molecule has 0 radical (unpaired) electrons. The third-order valence-electron chi connectivity index (χ3n) is 5.94. The fraction of sp³-hybridized carbons (Fsp3) is 0.348. The number of alkyl carbamates (subject to hydrolysis) is 1. The zero-order chi connectivity index (χ0) is 23.8. The van der Waals surface area contributed by atoms with Gasteiger partial charge >= 0.3 is 18.2 Å². The van der Waals surface area contributed by atoms with E-state index in [0.29, 0.717) is 12.8 Å². The first-order valence-corrected chi connectivity index (χ1v) is 10.3. The highest BCUT2D eigenvalue weighted by Crippen LogP contribution is 2.44. The van der Waals surface area contributed by atoms with Crippen molar-refractivity contribution in [1.29, 1.82) is 0 Å². The molecular weight excluding hydrogens is 441 g/mol. The number of ether oxygens (including phenoxy) is 1. The van der Waals surface area contributed by atoms with Crippen molar-refractivity contribution in [2.75, 3.05) is 6.61 Å². The van der Waals surface area contributed by atoms with Crippen LogP contribution in [0.15, 0.2) is 48.5 Å². The molecule has 0 spiro atoms. The first-order valence-electron chi connectivity index (χ1n) is 10.3. The highest BCUT2D eigenvalue weighted by Gasteiger charge is 2.50. The van der Waals surface area contributed by atoms with Crippen LogP contribution in [-0.2, 0) is 14.3 Å². The second kappa shape index (κ2) is 8.42. The van der Waals surface area contributed by atoms with E-state index in [9.17, 15) is 27.6 Å². The number of carboxylic acids is 1. The number of halogens is 3. The van der Waals surface area contributed by atoms with Gasteiger partial charge in [-0.05, 0) is 35.1 Å². The normalized spacial score (nSPS) is 16.8. The molecule has 0 heterocycles. The molecule has 10 heteroatoms. The number of aliphatic carboxylic acids is 1. The number of rotatable bonds is 7. The standard InChI is InChI=1S/C23H21F3N2O5/c24-23(25,26)19(20(30)31)27-18(29)11-22(9-10-22)28-21(32)33-12-17-15-7-3-1-5-13(15)14-6-2-4-8-16(14)17/h1-8,17,19H,9-12H2,(H,27,29)(H,28,32)(H,30,31). The molecule has 1 atom stereocenters. The Balaban J connectivity index is 1.35. The molecule has 0 bridgehead atoms. The lowest BCUT2D eigenvalue weighted by atomic mass is 9.98. The van der Waals surface area contributed by atoms with Crippen LogP contribution in [0.1, 0.15) is 36.3 Å². The van der Waals surface area contributed by atoms with Crippen molar-refractivity contribution in [3.8, 4) is 11.1 Å². The van der Waals surface area contributed by atoms with E-state index in [4.69, 9.17) is 9.84 Å². The number of carbonyl (C=O) groups is 3. The van der Waals surface area contributed by atoms with Crippen molar-refractivity contribution >= 4 is 18.0 Å². The lowest BCUT2D eigenvalue weighted by molar-refractivity contribution is -0.182. The third kappa shape index (κ3) is 4.79. The summed E-state index contributed by atoms with van der Waals surface area (Å²) >= 11 is 0. The SMILES string of the molecule is O=C(CC1(NC(=O)OCC2c3ccccc3-c3ccccc32)CC1)NC(C(=O)O)C(F)(F)F. The second-order valence-electron chi connectivity index (χ2n) is 8.29. The van der Waals surface area contributed by atoms with Crippen molar-refractivity contribution in [2.45, 2.75) is 42.9 Å². The predicted octanol–water partition coefficient (Wildman–Crippen LogP) is 3.58. The van der Waals surface area contributed by atoms with Crippen LogP contribution in [-0.4, -0.2) is 47.4 Å². The van der Waals surface area contributed by atoms with Crippen molar-refractivity contribution in [3.63, 3.8) is 0 Å². The van der Waals surface area contributed by atoms with E-state index in [0.717, 1.165) is 22.3 Å². The minimum Gasteiger partial charge on any atom is -0.479 e. The van der Waals surface area contributed by atoms with Crippen molar-refractivity contribution in [2.24, 2.45) is 0 Å². The van der Waals surface area contributed by atoms with Gasteiger partial charge in [0.2, 0.25) is 11.9 Å². The Morgan fingerprint density at radius 2 is 1.58 bits per heavy atom. The number of amides is 2. The number of fused-ring (bicyclic) bond motifs is 3. The summed E-state index contributed by atoms with van der Waals surface area (Å²) in [6, 6.07) is 12.6. The predicted molar refractivity (Wildman–Crippen MR) is 110 cm³/mol. The van der Waals surface area contributed by atoms with Gasteiger partial charge in [0.1, 0.15) is 6.61 Å². The topological polar surface area (TPSA) is 105 Å². The highest BCUT2D eigenvalue weighted by atomic mass is 19.4. The van der Waals surface area contributed by atoms with Gasteiger partial charge in [-0.1, -0.05) is 48.5 Å². The summed E-state index contributed by atoms with van der Waals surface area (Å²) in [4.78, 5) is 35.2. The van der Waals surface area contributed by atoms with Crippen LogP contribution in [0.5, 0.6) is 0 Å². The summed E-state index contributed by atoms with van der Waals surface area (Å²) in [6.07, 6.45) is -5.65. The van der Waals surface area contributed by atoms with Gasteiger partial charge in [-0.2, -0.15) is 13.2 Å². The minimum absolute atomic E-state index is 0.0529. The molecule has 2 aliphatic carbocycles. The Bertz CT molecular complexity index is 1050. The average molecular weight is 462 g/mol. The number of carboxylic acid groups (broad SMARTS) is 1. The van der Waals surface area contributed by atoms with Gasteiger partial charge in [-0.15, -0.1) is 0 Å². The molecule has 1 unspecified atom stereocenters. The van der Waals surface area contributed by atoms with Gasteiger partial charge in [-0.25, -0.2) is 9.59 Å². The Morgan fingerprint density at radius 3 is 2.06 bits per heavy atom. The van der Waals surface area contributed by atoms with Crippen molar-refractivity contribution in [1.82, 2.24) is 10.6 Å². The second-order valence-corrected chi connectivity index (χ2v) is 8.29. The number of hydrogen-bond donors (Lipinski definition) is 3.